The number of benzene rings is 2. The van der Waals surface area contributed by atoms with E-state index in [0.29, 0.717) is 6.61 Å². The van der Waals surface area contributed by atoms with Crippen LogP contribution in [0.1, 0.15) is 57.5 Å². The molecule has 6 heteroatoms. The second kappa shape index (κ2) is 12.8. The van der Waals surface area contributed by atoms with Crippen LogP contribution in [0.15, 0.2) is 48.5 Å². The predicted octanol–water partition coefficient (Wildman–Crippen LogP) is 5.32. The highest BCUT2D eigenvalue weighted by molar-refractivity contribution is 5.80. The van der Waals surface area contributed by atoms with Gasteiger partial charge in [-0.3, -0.25) is 4.79 Å². The Hall–Kier alpha value is -2.70. The Morgan fingerprint density at radius 1 is 1.03 bits per heavy atom. The number of imidazole rings is 1. The maximum absolute atomic E-state index is 11.5. The fraction of sp³-hybridized carbons (Fsp3) is 0.517. The van der Waals surface area contributed by atoms with Crippen LogP contribution in [0.2, 0.25) is 0 Å². The maximum atomic E-state index is 11.5. The zero-order chi connectivity index (χ0) is 25.3. The highest BCUT2D eigenvalue weighted by Crippen LogP contribution is 2.24. The number of hydrogen-bond acceptors (Lipinski definition) is 4. The number of carboxylic acids is 1. The summed E-state index contributed by atoms with van der Waals surface area (Å²) in [5, 5.41) is 9.46. The molecule has 0 aliphatic rings. The highest BCUT2D eigenvalue weighted by atomic mass is 16.5. The van der Waals surface area contributed by atoms with Crippen molar-refractivity contribution in [3.63, 3.8) is 0 Å². The Morgan fingerprint density at radius 3 is 2.46 bits per heavy atom. The lowest BCUT2D eigenvalue weighted by Crippen LogP contribution is -2.29. The highest BCUT2D eigenvalue weighted by Gasteiger charge is 2.29. The molecule has 3 rings (SSSR count). The number of ether oxygens (including phenoxy) is 1. The Bertz CT molecular complexity index is 1070. The van der Waals surface area contributed by atoms with Crippen LogP contribution in [0.25, 0.3) is 11.0 Å². The van der Waals surface area contributed by atoms with Gasteiger partial charge in [0.25, 0.3) is 0 Å². The van der Waals surface area contributed by atoms with E-state index in [-0.39, 0.29) is 0 Å². The molecule has 0 aliphatic heterocycles. The molecule has 1 aromatic heterocycles. The lowest BCUT2D eigenvalue weighted by Gasteiger charge is -2.22. The normalized spacial score (nSPS) is 12.0. The average molecular weight is 480 g/mol. The van der Waals surface area contributed by atoms with Crippen molar-refractivity contribution in [3.05, 3.63) is 65.5 Å². The third-order valence-electron chi connectivity index (χ3n) is 6.74. The summed E-state index contributed by atoms with van der Waals surface area (Å²) >= 11 is 0. The number of hydrogen-bond donors (Lipinski definition) is 1. The molecule has 190 valence electrons. The van der Waals surface area contributed by atoms with E-state index < -0.39 is 11.4 Å². The van der Waals surface area contributed by atoms with Crippen molar-refractivity contribution in [3.8, 4) is 0 Å². The van der Waals surface area contributed by atoms with Gasteiger partial charge in [-0.2, -0.15) is 0 Å². The second-order valence-electron chi connectivity index (χ2n) is 9.69. The topological polar surface area (TPSA) is 67.6 Å². The predicted molar refractivity (Wildman–Crippen MR) is 142 cm³/mol. The molecule has 0 spiro atoms. The van der Waals surface area contributed by atoms with Crippen LogP contribution in [-0.2, 0) is 34.3 Å². The lowest BCUT2D eigenvalue weighted by molar-refractivity contribution is -0.142. The van der Waals surface area contributed by atoms with Crippen molar-refractivity contribution in [2.75, 3.05) is 32.8 Å². The van der Waals surface area contributed by atoms with E-state index >= 15 is 0 Å². The van der Waals surface area contributed by atoms with Crippen LogP contribution in [-0.4, -0.2) is 58.4 Å². The number of aryl methyl sites for hydroxylation is 1. The molecule has 6 nitrogen and oxygen atoms in total. The van der Waals surface area contributed by atoms with Gasteiger partial charge in [0, 0.05) is 26.1 Å². The first-order valence-electron chi connectivity index (χ1n) is 12.9. The summed E-state index contributed by atoms with van der Waals surface area (Å²) in [7, 11) is 0. The number of rotatable bonds is 15. The standard InChI is InChI=1S/C29H41N3O3/c1-5-18-31(20-17-23-13-15-24(16-14-23)29(3,4)28(33)34)19-9-12-27-30-25-10-7-8-11-26(25)32(27)21-22-35-6-2/h7-8,10-11,13-16H,5-6,9,12,17-22H2,1-4H3,(H,33,34). The van der Waals surface area contributed by atoms with Crippen LogP contribution in [0.5, 0.6) is 0 Å². The van der Waals surface area contributed by atoms with E-state index in [0.717, 1.165) is 75.4 Å². The third kappa shape index (κ3) is 7.15. The van der Waals surface area contributed by atoms with Gasteiger partial charge in [-0.15, -0.1) is 0 Å². The smallest absolute Gasteiger partial charge is 0.313 e. The zero-order valence-electron chi connectivity index (χ0n) is 21.8. The quantitative estimate of drug-likeness (QED) is 0.299. The van der Waals surface area contributed by atoms with Gasteiger partial charge in [0.1, 0.15) is 5.82 Å². The van der Waals surface area contributed by atoms with Crippen LogP contribution in [0, 0.1) is 0 Å². The van der Waals surface area contributed by atoms with E-state index in [9.17, 15) is 9.90 Å². The molecule has 0 aliphatic carbocycles. The van der Waals surface area contributed by atoms with Gasteiger partial charge in [-0.25, -0.2) is 4.98 Å². The molecule has 0 amide bonds. The van der Waals surface area contributed by atoms with Gasteiger partial charge in [0.05, 0.1) is 23.1 Å². The molecule has 0 fully saturated rings. The lowest BCUT2D eigenvalue weighted by atomic mass is 9.84. The summed E-state index contributed by atoms with van der Waals surface area (Å²) in [6.07, 6.45) is 4.09. The molecule has 2 aromatic carbocycles. The zero-order valence-corrected chi connectivity index (χ0v) is 21.8. The SMILES string of the molecule is CCCN(CCCc1nc2ccccc2n1CCOCC)CCc1ccc(C(C)(C)C(=O)O)cc1. The van der Waals surface area contributed by atoms with Gasteiger partial charge in [-0.05, 0) is 76.4 Å². The van der Waals surface area contributed by atoms with Crippen LogP contribution in [0.3, 0.4) is 0 Å². The molecular formula is C29H41N3O3. The minimum atomic E-state index is -0.869. The maximum Gasteiger partial charge on any atom is 0.313 e. The number of aliphatic carboxylic acids is 1. The molecule has 0 atom stereocenters. The summed E-state index contributed by atoms with van der Waals surface area (Å²) in [6.45, 7) is 13.1. The Balaban J connectivity index is 1.57. The second-order valence-corrected chi connectivity index (χ2v) is 9.69. The molecule has 35 heavy (non-hydrogen) atoms. The van der Waals surface area contributed by atoms with Crippen LogP contribution >= 0.6 is 0 Å². The van der Waals surface area contributed by atoms with E-state index in [2.05, 4.69) is 46.7 Å². The van der Waals surface area contributed by atoms with E-state index in [1.807, 2.05) is 25.1 Å². The number of fused-ring (bicyclic) bond motifs is 1. The largest absolute Gasteiger partial charge is 0.481 e. The number of nitrogens with zero attached hydrogens (tertiary/aromatic N) is 3. The minimum absolute atomic E-state index is 0.703. The fourth-order valence-electron chi connectivity index (χ4n) is 4.48. The summed E-state index contributed by atoms with van der Waals surface area (Å²) < 4.78 is 7.93. The molecule has 0 saturated heterocycles. The van der Waals surface area contributed by atoms with E-state index in [4.69, 9.17) is 9.72 Å². The van der Waals surface area contributed by atoms with Crippen LogP contribution < -0.4 is 0 Å². The van der Waals surface area contributed by atoms with Gasteiger partial charge >= 0.3 is 5.97 Å². The number of para-hydroxylation sites is 2. The van der Waals surface area contributed by atoms with Gasteiger partial charge in [0.2, 0.25) is 0 Å². The van der Waals surface area contributed by atoms with Crippen molar-refractivity contribution in [1.82, 2.24) is 14.5 Å². The van der Waals surface area contributed by atoms with Gasteiger partial charge in [-0.1, -0.05) is 43.3 Å². The summed E-state index contributed by atoms with van der Waals surface area (Å²) in [4.78, 5) is 19.0. The number of aromatic nitrogens is 2. The van der Waals surface area contributed by atoms with Gasteiger partial charge < -0.3 is 19.3 Å². The molecule has 0 unspecified atom stereocenters. The number of carbonyl (C=O) groups is 1. The molecule has 0 radical (unpaired) electrons. The van der Waals surface area contributed by atoms with Crippen molar-refractivity contribution >= 4 is 17.0 Å². The average Bonchev–Trinajstić information content (AvgIpc) is 3.20. The van der Waals surface area contributed by atoms with Crippen molar-refractivity contribution < 1.29 is 14.6 Å². The van der Waals surface area contributed by atoms with E-state index in [1.54, 1.807) is 13.8 Å². The first kappa shape index (κ1) is 26.9. The summed E-state index contributed by atoms with van der Waals surface area (Å²) in [5.74, 6) is 0.338. The van der Waals surface area contributed by atoms with Crippen molar-refractivity contribution in [1.29, 1.82) is 0 Å². The Morgan fingerprint density at radius 2 is 1.77 bits per heavy atom. The Labute approximate surface area is 209 Å². The van der Waals surface area contributed by atoms with E-state index in [1.165, 1.54) is 11.1 Å². The monoisotopic (exact) mass is 479 g/mol. The van der Waals surface area contributed by atoms with Crippen LogP contribution in [0.4, 0.5) is 0 Å². The molecular weight excluding hydrogens is 438 g/mol. The van der Waals surface area contributed by atoms with Crippen molar-refractivity contribution in [2.45, 2.75) is 65.3 Å². The minimum Gasteiger partial charge on any atom is -0.481 e. The molecule has 0 saturated carbocycles. The summed E-state index contributed by atoms with van der Waals surface area (Å²) in [6, 6.07) is 16.4. The van der Waals surface area contributed by atoms with Gasteiger partial charge in [0.15, 0.2) is 0 Å². The molecule has 3 aromatic rings. The molecule has 1 N–H and O–H groups in total. The first-order chi connectivity index (χ1) is 16.9. The molecule has 1 heterocycles. The molecule has 0 bridgehead atoms. The number of carboxylic acid groups (broad SMARTS) is 1. The third-order valence-corrected chi connectivity index (χ3v) is 6.74. The Kier molecular flexibility index (Phi) is 9.87. The first-order valence-corrected chi connectivity index (χ1v) is 12.9. The summed E-state index contributed by atoms with van der Waals surface area (Å²) in [5.41, 5.74) is 3.45. The van der Waals surface area contributed by atoms with Crippen molar-refractivity contribution in [2.24, 2.45) is 0 Å². The fourth-order valence-corrected chi connectivity index (χ4v) is 4.48.